The van der Waals surface area contributed by atoms with Gasteiger partial charge in [-0.2, -0.15) is 0 Å². The van der Waals surface area contributed by atoms with E-state index in [0.29, 0.717) is 38.9 Å². The molecule has 0 heterocycles. The van der Waals surface area contributed by atoms with Crippen molar-refractivity contribution in [1.82, 2.24) is 26.2 Å². The van der Waals surface area contributed by atoms with Gasteiger partial charge in [-0.15, -0.1) is 0 Å². The third-order valence-corrected chi connectivity index (χ3v) is 14.2. The molecule has 0 aliphatic heterocycles. The Bertz CT molecular complexity index is 977. The van der Waals surface area contributed by atoms with Gasteiger partial charge in [0.05, 0.1) is 0 Å². The second-order valence-corrected chi connectivity index (χ2v) is 21.0. The molecule has 0 unspecified atom stereocenters. The van der Waals surface area contributed by atoms with E-state index < -0.39 is 0 Å². The van der Waals surface area contributed by atoms with Crippen LogP contribution >= 0.6 is 0 Å². The van der Waals surface area contributed by atoms with Gasteiger partial charge in [-0.1, -0.05) is 271 Å². The Morgan fingerprint density at radius 2 is 0.485 bits per heavy atom. The summed E-state index contributed by atoms with van der Waals surface area (Å²) in [7, 11) is 0. The summed E-state index contributed by atoms with van der Waals surface area (Å²) in [4.78, 5) is 40.4. The molecule has 0 atom stereocenters. The molecular weight excluding hydrogens is 839 g/mol. The van der Waals surface area contributed by atoms with Crippen LogP contribution < -0.4 is 21.3 Å². The highest BCUT2D eigenvalue weighted by Gasteiger charge is 2.11. The average molecular weight is 961 g/mol. The molecule has 8 heteroatoms. The Morgan fingerprint density at radius 3 is 0.750 bits per heavy atom. The molecule has 0 saturated heterocycles. The molecule has 404 valence electrons. The number of carbonyl (C=O) groups is 3. The lowest BCUT2D eigenvalue weighted by Gasteiger charge is -2.22. The molecule has 0 rings (SSSR count). The summed E-state index contributed by atoms with van der Waals surface area (Å²) in [5.74, 6) is 0.365. The predicted octanol–water partition coefficient (Wildman–Crippen LogP) is 16.2. The van der Waals surface area contributed by atoms with Crippen molar-refractivity contribution in [2.75, 3.05) is 52.4 Å². The van der Waals surface area contributed by atoms with E-state index in [1.807, 2.05) is 0 Å². The zero-order chi connectivity index (χ0) is 49.3. The molecule has 0 spiro atoms. The molecule has 68 heavy (non-hydrogen) atoms. The Kier molecular flexibility index (Phi) is 56.5. The van der Waals surface area contributed by atoms with Crippen molar-refractivity contribution in [3.8, 4) is 0 Å². The molecule has 0 aliphatic carbocycles. The van der Waals surface area contributed by atoms with Gasteiger partial charge in [0.25, 0.3) is 0 Å². The number of hydrogen-bond acceptors (Lipinski definition) is 5. The van der Waals surface area contributed by atoms with E-state index in [1.165, 1.54) is 250 Å². The fraction of sp³-hybridized carbons (Fsp3) is 0.950. The first-order chi connectivity index (χ1) is 33.5. The molecule has 0 aromatic rings. The van der Waals surface area contributed by atoms with E-state index in [9.17, 15) is 14.4 Å². The quantitative estimate of drug-likeness (QED) is 0.0455. The molecule has 0 bridgehead atoms. The number of amides is 3. The van der Waals surface area contributed by atoms with Crippen molar-refractivity contribution < 1.29 is 14.4 Å². The van der Waals surface area contributed by atoms with Crippen LogP contribution in [0.3, 0.4) is 0 Å². The van der Waals surface area contributed by atoms with E-state index >= 15 is 0 Å². The smallest absolute Gasteiger partial charge is 0.221 e. The van der Waals surface area contributed by atoms with E-state index in [4.69, 9.17) is 0 Å². The molecule has 0 fully saturated rings. The van der Waals surface area contributed by atoms with Crippen LogP contribution in [0.25, 0.3) is 0 Å². The Morgan fingerprint density at radius 1 is 0.250 bits per heavy atom. The highest BCUT2D eigenvalue weighted by molar-refractivity contribution is 5.77. The molecule has 0 aromatic carbocycles. The van der Waals surface area contributed by atoms with Gasteiger partial charge < -0.3 is 26.2 Å². The van der Waals surface area contributed by atoms with Crippen molar-refractivity contribution in [2.24, 2.45) is 0 Å². The van der Waals surface area contributed by atoms with Crippen molar-refractivity contribution in [2.45, 2.75) is 316 Å². The number of nitrogens with zero attached hydrogens (tertiary/aromatic N) is 1. The van der Waals surface area contributed by atoms with E-state index in [0.717, 1.165) is 58.4 Å². The molecule has 0 aliphatic rings. The van der Waals surface area contributed by atoms with Crippen LogP contribution in [-0.2, 0) is 14.4 Å². The van der Waals surface area contributed by atoms with E-state index in [2.05, 4.69) is 46.9 Å². The zero-order valence-corrected chi connectivity index (χ0v) is 46.4. The highest BCUT2D eigenvalue weighted by Crippen LogP contribution is 2.16. The number of carbonyl (C=O) groups excluding carboxylic acids is 3. The maximum absolute atomic E-state index is 12.8. The van der Waals surface area contributed by atoms with Crippen LogP contribution in [0.4, 0.5) is 0 Å². The van der Waals surface area contributed by atoms with E-state index in [1.54, 1.807) is 0 Å². The second kappa shape index (κ2) is 57.9. The van der Waals surface area contributed by atoms with Crippen LogP contribution in [-0.4, -0.2) is 75.0 Å². The molecule has 0 aromatic heterocycles. The van der Waals surface area contributed by atoms with Gasteiger partial charge in [0, 0.05) is 58.5 Å². The summed E-state index contributed by atoms with van der Waals surface area (Å²) in [6, 6.07) is 0. The largest absolute Gasteiger partial charge is 0.356 e. The first-order valence-corrected chi connectivity index (χ1v) is 30.8. The minimum Gasteiger partial charge on any atom is -0.356 e. The third kappa shape index (κ3) is 55.3. The van der Waals surface area contributed by atoms with Crippen molar-refractivity contribution in [3.63, 3.8) is 0 Å². The number of hydrogen-bond donors (Lipinski definition) is 4. The molecule has 0 saturated carbocycles. The van der Waals surface area contributed by atoms with Crippen molar-refractivity contribution >= 4 is 17.7 Å². The minimum absolute atomic E-state index is 0.116. The van der Waals surface area contributed by atoms with Gasteiger partial charge in [0.2, 0.25) is 17.7 Å². The molecule has 3 amide bonds. The number of unbranched alkanes of at least 4 members (excludes halogenated alkanes) is 39. The van der Waals surface area contributed by atoms with Gasteiger partial charge >= 0.3 is 0 Å². The maximum Gasteiger partial charge on any atom is 0.221 e. The van der Waals surface area contributed by atoms with Gasteiger partial charge in [-0.3, -0.25) is 14.4 Å². The summed E-state index contributed by atoms with van der Waals surface area (Å²) < 4.78 is 0. The fourth-order valence-electron chi connectivity index (χ4n) is 9.52. The molecule has 0 radical (unpaired) electrons. The standard InChI is InChI=1S/C60H121N5O3/c1-4-7-10-13-16-19-22-25-28-31-34-37-40-43-51-62-58(66)47-54-61-50-46-55-65(56-48-59(67)63-52-44-41-38-35-32-29-26-23-20-17-14-11-8-5-2)57-49-60(68)64-53-45-42-39-36-33-30-27-24-21-18-15-12-9-6-3/h61H,4-57H2,1-3H3,(H,62,66)(H,63,67)(H,64,68). The van der Waals surface area contributed by atoms with E-state index in [-0.39, 0.29) is 17.7 Å². The normalized spacial score (nSPS) is 11.5. The SMILES string of the molecule is CCCCCCCCCCCCCCCCNC(=O)CCNCCCN(CCC(=O)NCCCCCCCCCCCCCCCC)CCC(=O)NCCCCCCCCCCCCCCCC. The minimum atomic E-state index is 0.116. The van der Waals surface area contributed by atoms with Crippen LogP contribution in [0, 0.1) is 0 Å². The number of nitrogens with one attached hydrogen (secondary N) is 4. The van der Waals surface area contributed by atoms with Crippen molar-refractivity contribution in [1.29, 1.82) is 0 Å². The predicted molar refractivity (Wildman–Crippen MR) is 298 cm³/mol. The van der Waals surface area contributed by atoms with Gasteiger partial charge in [-0.25, -0.2) is 0 Å². The van der Waals surface area contributed by atoms with Gasteiger partial charge in [0.1, 0.15) is 0 Å². The van der Waals surface area contributed by atoms with Crippen LogP contribution in [0.15, 0.2) is 0 Å². The Labute approximate surface area is 425 Å². The first-order valence-electron chi connectivity index (χ1n) is 30.8. The van der Waals surface area contributed by atoms with Crippen LogP contribution in [0.5, 0.6) is 0 Å². The highest BCUT2D eigenvalue weighted by atomic mass is 16.2. The summed E-state index contributed by atoms with van der Waals surface area (Å²) in [5.41, 5.74) is 0. The fourth-order valence-corrected chi connectivity index (χ4v) is 9.52. The first kappa shape index (κ1) is 66.3. The zero-order valence-electron chi connectivity index (χ0n) is 46.4. The summed E-state index contributed by atoms with van der Waals surface area (Å²) >= 11 is 0. The van der Waals surface area contributed by atoms with Gasteiger partial charge in [0.15, 0.2) is 0 Å². The monoisotopic (exact) mass is 960 g/mol. The molecule has 8 nitrogen and oxygen atoms in total. The van der Waals surface area contributed by atoms with Gasteiger partial charge in [-0.05, 0) is 38.8 Å². The Hall–Kier alpha value is -1.67. The molecular formula is C60H121N5O3. The van der Waals surface area contributed by atoms with Crippen molar-refractivity contribution in [3.05, 3.63) is 0 Å². The summed E-state index contributed by atoms with van der Waals surface area (Å²) in [5, 5.41) is 12.9. The number of rotatable bonds is 58. The van der Waals surface area contributed by atoms with Crippen LogP contribution in [0.1, 0.15) is 316 Å². The van der Waals surface area contributed by atoms with Crippen LogP contribution in [0.2, 0.25) is 0 Å². The second-order valence-electron chi connectivity index (χ2n) is 21.0. The lowest BCUT2D eigenvalue weighted by Crippen LogP contribution is -2.36. The summed E-state index contributed by atoms with van der Waals surface area (Å²) in [6.45, 7) is 12.8. The third-order valence-electron chi connectivity index (χ3n) is 14.2. The summed E-state index contributed by atoms with van der Waals surface area (Å²) in [6.07, 6.45) is 58.6. The average Bonchev–Trinajstić information content (AvgIpc) is 3.34. The lowest BCUT2D eigenvalue weighted by atomic mass is 10.0. The Balaban J connectivity index is 4.25. The lowest BCUT2D eigenvalue weighted by molar-refractivity contribution is -0.122. The maximum atomic E-state index is 12.8. The topological polar surface area (TPSA) is 103 Å². The molecule has 4 N–H and O–H groups in total.